The standard InChI is InChI=1S/C19H24N4O3/c20-10-15-6-3-7-22(15)19(26)17(21)9-18(25)23-11-14-5-2-1-4-13(14)8-16(23)12-24/h1-2,4-5,15-17,24H,3,6-9,11-12,21H2. The van der Waals surface area contributed by atoms with E-state index in [1.165, 1.54) is 4.90 Å². The molecule has 3 rings (SSSR count). The van der Waals surface area contributed by atoms with Gasteiger partial charge < -0.3 is 20.6 Å². The molecule has 1 aromatic rings. The molecule has 3 atom stereocenters. The molecule has 0 radical (unpaired) electrons. The number of hydrogen-bond acceptors (Lipinski definition) is 5. The van der Waals surface area contributed by atoms with E-state index in [9.17, 15) is 14.7 Å². The van der Waals surface area contributed by atoms with Crippen molar-refractivity contribution in [1.82, 2.24) is 9.80 Å². The van der Waals surface area contributed by atoms with Gasteiger partial charge in [0.05, 0.1) is 31.2 Å². The van der Waals surface area contributed by atoms with E-state index >= 15 is 0 Å². The maximum Gasteiger partial charge on any atom is 0.241 e. The first kappa shape index (κ1) is 18.4. The number of carbonyl (C=O) groups is 2. The molecule has 1 saturated heterocycles. The van der Waals surface area contributed by atoms with Gasteiger partial charge in [0.2, 0.25) is 11.8 Å². The molecule has 2 aliphatic heterocycles. The number of benzene rings is 1. The SMILES string of the molecule is N#CC1CCCN1C(=O)C(N)CC(=O)N1Cc2ccccc2CC1CO. The summed E-state index contributed by atoms with van der Waals surface area (Å²) in [5, 5.41) is 18.8. The van der Waals surface area contributed by atoms with Crippen molar-refractivity contribution in [1.29, 1.82) is 5.26 Å². The topological polar surface area (TPSA) is 111 Å². The zero-order chi connectivity index (χ0) is 18.7. The summed E-state index contributed by atoms with van der Waals surface area (Å²) in [6.07, 6.45) is 1.90. The predicted molar refractivity (Wildman–Crippen MR) is 94.5 cm³/mol. The Hall–Kier alpha value is -2.43. The third kappa shape index (κ3) is 3.57. The number of aliphatic hydroxyl groups excluding tert-OH is 1. The minimum Gasteiger partial charge on any atom is -0.394 e. The first-order valence-electron chi connectivity index (χ1n) is 8.98. The zero-order valence-corrected chi connectivity index (χ0v) is 14.7. The normalized spacial score (nSPS) is 23.3. The Morgan fingerprint density at radius 3 is 2.73 bits per heavy atom. The van der Waals surface area contributed by atoms with Crippen LogP contribution in [0, 0.1) is 11.3 Å². The number of nitrogens with two attached hydrogens (primary N) is 1. The summed E-state index contributed by atoms with van der Waals surface area (Å²) >= 11 is 0. The van der Waals surface area contributed by atoms with Crippen LogP contribution in [0.25, 0.3) is 0 Å². The monoisotopic (exact) mass is 356 g/mol. The number of aliphatic hydroxyl groups is 1. The maximum atomic E-state index is 12.8. The molecule has 26 heavy (non-hydrogen) atoms. The lowest BCUT2D eigenvalue weighted by Crippen LogP contribution is -2.51. The molecule has 7 heteroatoms. The van der Waals surface area contributed by atoms with Crippen LogP contribution in [0.15, 0.2) is 24.3 Å². The van der Waals surface area contributed by atoms with Crippen LogP contribution in [0.3, 0.4) is 0 Å². The molecule has 0 saturated carbocycles. The van der Waals surface area contributed by atoms with Gasteiger partial charge in [-0.25, -0.2) is 0 Å². The van der Waals surface area contributed by atoms with E-state index in [1.54, 1.807) is 4.90 Å². The summed E-state index contributed by atoms with van der Waals surface area (Å²) in [6.45, 7) is 0.785. The fourth-order valence-corrected chi connectivity index (χ4v) is 3.81. The van der Waals surface area contributed by atoms with Crippen molar-refractivity contribution in [2.45, 2.75) is 50.4 Å². The third-order valence-corrected chi connectivity index (χ3v) is 5.28. The van der Waals surface area contributed by atoms with Crippen LogP contribution in [0.1, 0.15) is 30.4 Å². The molecule has 3 unspecified atom stereocenters. The maximum absolute atomic E-state index is 12.8. The Bertz CT molecular complexity index is 730. The number of nitrogens with zero attached hydrogens (tertiary/aromatic N) is 3. The van der Waals surface area contributed by atoms with Crippen LogP contribution in [0.2, 0.25) is 0 Å². The second-order valence-corrected chi connectivity index (χ2v) is 6.96. The summed E-state index contributed by atoms with van der Waals surface area (Å²) in [5.41, 5.74) is 8.17. The van der Waals surface area contributed by atoms with Crippen molar-refractivity contribution >= 4 is 11.8 Å². The average molecular weight is 356 g/mol. The molecule has 0 aromatic heterocycles. The van der Waals surface area contributed by atoms with Gasteiger partial charge in [-0.2, -0.15) is 5.26 Å². The number of likely N-dealkylation sites (tertiary alicyclic amines) is 1. The number of amides is 2. The van der Waals surface area contributed by atoms with Crippen LogP contribution >= 0.6 is 0 Å². The largest absolute Gasteiger partial charge is 0.394 e. The molecule has 2 amide bonds. The highest BCUT2D eigenvalue weighted by Gasteiger charge is 2.35. The summed E-state index contributed by atoms with van der Waals surface area (Å²) < 4.78 is 0. The highest BCUT2D eigenvalue weighted by molar-refractivity contribution is 5.89. The fraction of sp³-hybridized carbons (Fsp3) is 0.526. The van der Waals surface area contributed by atoms with Gasteiger partial charge >= 0.3 is 0 Å². The van der Waals surface area contributed by atoms with Gasteiger partial charge in [0.25, 0.3) is 0 Å². The van der Waals surface area contributed by atoms with Crippen LogP contribution in [-0.4, -0.2) is 58.0 Å². The van der Waals surface area contributed by atoms with E-state index < -0.39 is 12.1 Å². The average Bonchev–Trinajstić information content (AvgIpc) is 3.14. The molecule has 7 nitrogen and oxygen atoms in total. The Labute approximate surface area is 153 Å². The number of carbonyl (C=O) groups excluding carboxylic acids is 2. The van der Waals surface area contributed by atoms with Gasteiger partial charge in [-0.1, -0.05) is 24.3 Å². The van der Waals surface area contributed by atoms with Crippen molar-refractivity contribution in [3.63, 3.8) is 0 Å². The molecule has 138 valence electrons. The number of nitriles is 1. The summed E-state index contributed by atoms with van der Waals surface area (Å²) in [4.78, 5) is 28.4. The van der Waals surface area contributed by atoms with E-state index in [2.05, 4.69) is 6.07 Å². The molecule has 0 bridgehead atoms. The second-order valence-electron chi connectivity index (χ2n) is 6.96. The summed E-state index contributed by atoms with van der Waals surface area (Å²) in [6, 6.07) is 8.23. The lowest BCUT2D eigenvalue weighted by atomic mass is 9.93. The zero-order valence-electron chi connectivity index (χ0n) is 14.7. The Morgan fingerprint density at radius 1 is 1.31 bits per heavy atom. The first-order chi connectivity index (χ1) is 12.5. The Balaban J connectivity index is 1.67. The van der Waals surface area contributed by atoms with E-state index in [4.69, 9.17) is 11.0 Å². The molecule has 0 spiro atoms. The molecule has 3 N–H and O–H groups in total. The quantitative estimate of drug-likeness (QED) is 0.799. The van der Waals surface area contributed by atoms with Gasteiger partial charge in [0.1, 0.15) is 6.04 Å². The van der Waals surface area contributed by atoms with Gasteiger partial charge in [-0.05, 0) is 30.4 Å². The lowest BCUT2D eigenvalue weighted by molar-refractivity contribution is -0.140. The van der Waals surface area contributed by atoms with E-state index in [0.717, 1.165) is 17.5 Å². The third-order valence-electron chi connectivity index (χ3n) is 5.28. The number of rotatable bonds is 4. The first-order valence-corrected chi connectivity index (χ1v) is 8.98. The van der Waals surface area contributed by atoms with Crippen molar-refractivity contribution in [2.24, 2.45) is 5.73 Å². The number of hydrogen-bond donors (Lipinski definition) is 2. The van der Waals surface area contributed by atoms with E-state index in [0.29, 0.717) is 25.9 Å². The number of fused-ring (bicyclic) bond motifs is 1. The van der Waals surface area contributed by atoms with Crippen LogP contribution in [-0.2, 0) is 22.6 Å². The molecule has 1 fully saturated rings. The van der Waals surface area contributed by atoms with Gasteiger partial charge in [-0.3, -0.25) is 9.59 Å². The lowest BCUT2D eigenvalue weighted by Gasteiger charge is -2.36. The van der Waals surface area contributed by atoms with Crippen molar-refractivity contribution in [2.75, 3.05) is 13.2 Å². The summed E-state index contributed by atoms with van der Waals surface area (Å²) in [5.74, 6) is -0.590. The van der Waals surface area contributed by atoms with Crippen molar-refractivity contribution in [3.8, 4) is 6.07 Å². The Morgan fingerprint density at radius 2 is 2.04 bits per heavy atom. The Kier molecular flexibility index (Phi) is 5.55. The smallest absolute Gasteiger partial charge is 0.241 e. The second kappa shape index (κ2) is 7.85. The molecular formula is C19H24N4O3. The van der Waals surface area contributed by atoms with Crippen molar-refractivity contribution < 1.29 is 14.7 Å². The highest BCUT2D eigenvalue weighted by atomic mass is 16.3. The van der Waals surface area contributed by atoms with Gasteiger partial charge in [-0.15, -0.1) is 0 Å². The van der Waals surface area contributed by atoms with E-state index in [1.807, 2.05) is 24.3 Å². The van der Waals surface area contributed by atoms with Crippen molar-refractivity contribution in [3.05, 3.63) is 35.4 Å². The molecular weight excluding hydrogens is 332 g/mol. The fourth-order valence-electron chi connectivity index (χ4n) is 3.81. The van der Waals surface area contributed by atoms with E-state index in [-0.39, 0.29) is 30.9 Å². The van der Waals surface area contributed by atoms with Crippen LogP contribution < -0.4 is 5.73 Å². The van der Waals surface area contributed by atoms with Gasteiger partial charge in [0, 0.05) is 13.1 Å². The van der Waals surface area contributed by atoms with Gasteiger partial charge in [0.15, 0.2) is 0 Å². The molecule has 2 aliphatic rings. The molecule has 2 heterocycles. The predicted octanol–water partition coefficient (Wildman–Crippen LogP) is 0.164. The van der Waals surface area contributed by atoms with Crippen LogP contribution in [0.5, 0.6) is 0 Å². The highest BCUT2D eigenvalue weighted by Crippen LogP contribution is 2.24. The molecule has 1 aromatic carbocycles. The summed E-state index contributed by atoms with van der Waals surface area (Å²) in [7, 11) is 0. The molecule has 0 aliphatic carbocycles. The van der Waals surface area contributed by atoms with Crippen LogP contribution in [0.4, 0.5) is 0 Å². The minimum atomic E-state index is -0.965. The minimum absolute atomic E-state index is 0.119.